The molecule has 10 heteroatoms. The average Bonchev–Trinajstić information content (AvgIpc) is 2.86. The molecule has 184 valence electrons. The Balaban J connectivity index is 1.58. The summed E-state index contributed by atoms with van der Waals surface area (Å²) in [6.45, 7) is 1.86. The van der Waals surface area contributed by atoms with Crippen molar-refractivity contribution in [2.75, 3.05) is 25.1 Å². The number of amides is 1. The van der Waals surface area contributed by atoms with E-state index < -0.39 is 22.0 Å². The van der Waals surface area contributed by atoms with Crippen LogP contribution in [0.3, 0.4) is 0 Å². The predicted octanol–water partition coefficient (Wildman–Crippen LogP) is 3.94. The number of carbonyl (C=O) groups excluding carboxylic acids is 1. The normalized spacial score (nSPS) is 15.1. The van der Waals surface area contributed by atoms with Gasteiger partial charge in [0.1, 0.15) is 5.75 Å². The highest BCUT2D eigenvalue weighted by Crippen LogP contribution is 2.39. The fourth-order valence-corrected chi connectivity index (χ4v) is 5.35. The maximum atomic E-state index is 13.5. The first-order valence-corrected chi connectivity index (χ1v) is 12.6. The molecule has 0 unspecified atom stereocenters. The van der Waals surface area contributed by atoms with Crippen molar-refractivity contribution in [3.63, 3.8) is 0 Å². The van der Waals surface area contributed by atoms with E-state index in [0.717, 1.165) is 11.1 Å². The number of rotatable bonds is 7. The summed E-state index contributed by atoms with van der Waals surface area (Å²) >= 11 is 6.15. The van der Waals surface area contributed by atoms with Gasteiger partial charge in [-0.25, -0.2) is 8.42 Å². The summed E-state index contributed by atoms with van der Waals surface area (Å²) in [7, 11) is -0.902. The van der Waals surface area contributed by atoms with Gasteiger partial charge in [-0.1, -0.05) is 35.4 Å². The number of methoxy groups -OCH3 is 2. The van der Waals surface area contributed by atoms with E-state index in [4.69, 9.17) is 25.8 Å². The Kier molecular flexibility index (Phi) is 7.09. The zero-order valence-electron chi connectivity index (χ0n) is 19.4. The molecule has 3 aromatic carbocycles. The Morgan fingerprint density at radius 1 is 1.06 bits per heavy atom. The van der Waals surface area contributed by atoms with E-state index in [2.05, 4.69) is 5.32 Å². The van der Waals surface area contributed by atoms with Crippen LogP contribution in [0.15, 0.2) is 65.6 Å². The largest absolute Gasteiger partial charge is 0.493 e. The van der Waals surface area contributed by atoms with Gasteiger partial charge in [-0.15, -0.1) is 0 Å². The first-order chi connectivity index (χ1) is 16.7. The van der Waals surface area contributed by atoms with Crippen molar-refractivity contribution in [2.45, 2.75) is 24.5 Å². The lowest BCUT2D eigenvalue weighted by molar-refractivity contribution is -0.127. The van der Waals surface area contributed by atoms with Gasteiger partial charge in [-0.3, -0.25) is 9.10 Å². The molecule has 0 spiro atoms. The smallest absolute Gasteiger partial charge is 0.264 e. The summed E-state index contributed by atoms with van der Waals surface area (Å²) in [6, 6.07) is 16.5. The average molecular weight is 517 g/mol. The minimum absolute atomic E-state index is 0.111. The van der Waals surface area contributed by atoms with E-state index in [0.29, 0.717) is 16.5 Å². The van der Waals surface area contributed by atoms with Gasteiger partial charge in [-0.05, 0) is 55.0 Å². The number of anilines is 1. The molecule has 0 aliphatic carbocycles. The molecular weight excluding hydrogens is 492 g/mol. The molecule has 35 heavy (non-hydrogen) atoms. The first-order valence-electron chi connectivity index (χ1n) is 10.8. The van der Waals surface area contributed by atoms with Crippen LogP contribution in [0, 0.1) is 6.92 Å². The first kappa shape index (κ1) is 24.7. The summed E-state index contributed by atoms with van der Waals surface area (Å²) in [5, 5.41) is 3.17. The van der Waals surface area contributed by atoms with Crippen molar-refractivity contribution < 1.29 is 27.4 Å². The Bertz CT molecular complexity index is 1340. The fourth-order valence-electron chi connectivity index (χ4n) is 3.72. The van der Waals surface area contributed by atoms with Crippen LogP contribution in [0.2, 0.25) is 5.02 Å². The molecule has 1 atom stereocenters. The maximum Gasteiger partial charge on any atom is 0.264 e. The number of nitrogens with zero attached hydrogens (tertiary/aromatic N) is 1. The SMILES string of the molecule is COc1ccc(CNC(=O)[C@@H]2CN(S(=O)(=O)c3ccc(C)cc3)c3cc(Cl)ccc3O2)cc1OC. The minimum Gasteiger partial charge on any atom is -0.493 e. The van der Waals surface area contributed by atoms with Crippen molar-refractivity contribution in [1.82, 2.24) is 5.32 Å². The van der Waals surface area contributed by atoms with Crippen LogP contribution in [0.25, 0.3) is 0 Å². The second-order valence-corrected chi connectivity index (χ2v) is 10.3. The van der Waals surface area contributed by atoms with Crippen LogP contribution in [0.4, 0.5) is 5.69 Å². The number of carbonyl (C=O) groups is 1. The summed E-state index contributed by atoms with van der Waals surface area (Å²) < 4.78 is 44.6. The number of hydrogen-bond donors (Lipinski definition) is 1. The summed E-state index contributed by atoms with van der Waals surface area (Å²) in [5.41, 5.74) is 1.99. The lowest BCUT2D eigenvalue weighted by Crippen LogP contribution is -2.50. The van der Waals surface area contributed by atoms with E-state index in [1.807, 2.05) is 6.92 Å². The molecule has 0 aromatic heterocycles. The zero-order valence-corrected chi connectivity index (χ0v) is 21.0. The summed E-state index contributed by atoms with van der Waals surface area (Å²) in [6.07, 6.45) is -1.07. The standard InChI is InChI=1S/C25H25ClN2O6S/c1-16-4-8-19(9-5-16)35(30,31)28-15-24(34-21-11-7-18(26)13-20(21)28)25(29)27-14-17-6-10-22(32-2)23(12-17)33-3/h4-13,24H,14-15H2,1-3H3,(H,27,29)/t24-/m0/s1. The highest BCUT2D eigenvalue weighted by Gasteiger charge is 2.37. The highest BCUT2D eigenvalue weighted by molar-refractivity contribution is 7.92. The number of ether oxygens (including phenoxy) is 3. The Morgan fingerprint density at radius 2 is 1.77 bits per heavy atom. The fraction of sp³-hybridized carbons (Fsp3) is 0.240. The number of nitrogens with one attached hydrogen (secondary N) is 1. The highest BCUT2D eigenvalue weighted by atomic mass is 35.5. The quantitative estimate of drug-likeness (QED) is 0.511. The van der Waals surface area contributed by atoms with Crippen LogP contribution in [0.5, 0.6) is 17.2 Å². The van der Waals surface area contributed by atoms with Gasteiger partial charge in [0, 0.05) is 11.6 Å². The van der Waals surface area contributed by atoms with Crippen molar-refractivity contribution in [3.05, 3.63) is 76.8 Å². The van der Waals surface area contributed by atoms with Gasteiger partial charge in [0.2, 0.25) is 0 Å². The van der Waals surface area contributed by atoms with Gasteiger partial charge in [0.25, 0.3) is 15.9 Å². The number of sulfonamides is 1. The second-order valence-electron chi connectivity index (χ2n) is 7.97. The van der Waals surface area contributed by atoms with Crippen LogP contribution < -0.4 is 23.8 Å². The number of benzene rings is 3. The molecule has 0 saturated carbocycles. The molecule has 1 N–H and O–H groups in total. The Morgan fingerprint density at radius 3 is 2.46 bits per heavy atom. The van der Waals surface area contributed by atoms with Crippen LogP contribution >= 0.6 is 11.6 Å². The van der Waals surface area contributed by atoms with Crippen LogP contribution in [-0.2, 0) is 21.4 Å². The van der Waals surface area contributed by atoms with E-state index in [9.17, 15) is 13.2 Å². The molecule has 0 bridgehead atoms. The van der Waals surface area contributed by atoms with Crippen molar-refractivity contribution in [3.8, 4) is 17.2 Å². The lowest BCUT2D eigenvalue weighted by atomic mass is 10.2. The molecule has 0 radical (unpaired) electrons. The van der Waals surface area contributed by atoms with Gasteiger partial charge in [0.05, 0.1) is 31.3 Å². The predicted molar refractivity (Wildman–Crippen MR) is 133 cm³/mol. The van der Waals surface area contributed by atoms with Gasteiger partial charge in [-0.2, -0.15) is 0 Å². The summed E-state index contributed by atoms with van der Waals surface area (Å²) in [5.74, 6) is 0.909. The number of halogens is 1. The molecule has 1 aliphatic rings. The van der Waals surface area contributed by atoms with E-state index in [1.165, 1.54) is 29.6 Å². The second kappa shape index (κ2) is 10.1. The maximum absolute atomic E-state index is 13.5. The molecule has 8 nitrogen and oxygen atoms in total. The third-order valence-electron chi connectivity index (χ3n) is 5.61. The van der Waals surface area contributed by atoms with E-state index in [1.54, 1.807) is 49.6 Å². The minimum atomic E-state index is -3.97. The van der Waals surface area contributed by atoms with Crippen molar-refractivity contribution >= 4 is 33.2 Å². The Hall–Kier alpha value is -3.43. The molecule has 1 heterocycles. The number of hydrogen-bond acceptors (Lipinski definition) is 6. The molecule has 1 amide bonds. The van der Waals surface area contributed by atoms with Gasteiger partial charge in [0.15, 0.2) is 17.6 Å². The third-order valence-corrected chi connectivity index (χ3v) is 7.64. The molecule has 1 aliphatic heterocycles. The van der Waals surface area contributed by atoms with Crippen molar-refractivity contribution in [1.29, 1.82) is 0 Å². The van der Waals surface area contributed by atoms with E-state index >= 15 is 0 Å². The molecule has 0 fully saturated rings. The number of fused-ring (bicyclic) bond motifs is 1. The van der Waals surface area contributed by atoms with Gasteiger partial charge >= 0.3 is 0 Å². The molecule has 4 rings (SSSR count). The van der Waals surface area contributed by atoms with E-state index in [-0.39, 0.29) is 29.4 Å². The van der Waals surface area contributed by atoms with Gasteiger partial charge < -0.3 is 19.5 Å². The topological polar surface area (TPSA) is 94.2 Å². The Labute approximate surface area is 209 Å². The molecular formula is C25H25ClN2O6S. The zero-order chi connectivity index (χ0) is 25.2. The van der Waals surface area contributed by atoms with Crippen LogP contribution in [0.1, 0.15) is 11.1 Å². The summed E-state index contributed by atoms with van der Waals surface area (Å²) in [4.78, 5) is 13.2. The lowest BCUT2D eigenvalue weighted by Gasteiger charge is -2.35. The third kappa shape index (κ3) is 5.16. The monoisotopic (exact) mass is 516 g/mol. The van der Waals surface area contributed by atoms with Crippen LogP contribution in [-0.4, -0.2) is 41.2 Å². The molecule has 0 saturated heterocycles. The van der Waals surface area contributed by atoms with Crippen molar-refractivity contribution in [2.24, 2.45) is 0 Å². The number of aryl methyl sites for hydroxylation is 1. The molecule has 3 aromatic rings.